The zero-order valence-corrected chi connectivity index (χ0v) is 14.6. The van der Waals surface area contributed by atoms with Gasteiger partial charge in [0.15, 0.2) is 0 Å². The molecule has 3 aliphatic rings. The van der Waals surface area contributed by atoms with Gasteiger partial charge < -0.3 is 5.32 Å². The molecule has 4 nitrogen and oxygen atoms in total. The third-order valence-corrected chi connectivity index (χ3v) is 6.49. The fourth-order valence-electron chi connectivity index (χ4n) is 3.84. The maximum absolute atomic E-state index is 4.56. The molecule has 21 heavy (non-hydrogen) atoms. The van der Waals surface area contributed by atoms with E-state index in [0.29, 0.717) is 6.04 Å². The molecule has 5 heteroatoms. The Bertz CT molecular complexity index is 533. The Balaban J connectivity index is 1.53. The van der Waals surface area contributed by atoms with E-state index in [-0.39, 0.29) is 0 Å². The van der Waals surface area contributed by atoms with Gasteiger partial charge in [-0.15, -0.1) is 0 Å². The molecular weight excluding hydrogens is 328 g/mol. The highest BCUT2D eigenvalue weighted by Gasteiger charge is 2.42. The van der Waals surface area contributed by atoms with Crippen molar-refractivity contribution < 1.29 is 0 Å². The Morgan fingerprint density at radius 1 is 1.24 bits per heavy atom. The molecule has 0 aromatic carbocycles. The van der Waals surface area contributed by atoms with E-state index in [4.69, 9.17) is 0 Å². The van der Waals surface area contributed by atoms with Crippen LogP contribution in [0.5, 0.6) is 0 Å². The van der Waals surface area contributed by atoms with Crippen molar-refractivity contribution in [1.82, 2.24) is 20.0 Å². The number of nitrogens with one attached hydrogen (secondary N) is 1. The molecule has 1 aromatic heterocycles. The van der Waals surface area contributed by atoms with Crippen molar-refractivity contribution in [3.63, 3.8) is 0 Å². The van der Waals surface area contributed by atoms with E-state index in [1.165, 1.54) is 48.9 Å². The SMILES string of the molecule is Cc1nn(C)c(CN2CC(C3CC3)NCC2C2CC2)c1Br. The summed E-state index contributed by atoms with van der Waals surface area (Å²) in [6, 6.07) is 1.44. The van der Waals surface area contributed by atoms with Crippen LogP contribution in [0.3, 0.4) is 0 Å². The van der Waals surface area contributed by atoms with Crippen molar-refractivity contribution in [3.8, 4) is 0 Å². The zero-order valence-electron chi connectivity index (χ0n) is 13.0. The van der Waals surface area contributed by atoms with Crippen LogP contribution in [0.1, 0.15) is 37.1 Å². The predicted octanol–water partition coefficient (Wildman–Crippen LogP) is 2.45. The van der Waals surface area contributed by atoms with E-state index in [9.17, 15) is 0 Å². The average molecular weight is 353 g/mol. The summed E-state index contributed by atoms with van der Waals surface area (Å²) in [6.07, 6.45) is 5.69. The van der Waals surface area contributed by atoms with Crippen molar-refractivity contribution >= 4 is 15.9 Å². The molecule has 116 valence electrons. The number of aromatic nitrogens is 2. The fourth-order valence-corrected chi connectivity index (χ4v) is 4.30. The van der Waals surface area contributed by atoms with Crippen molar-refractivity contribution in [1.29, 1.82) is 0 Å². The van der Waals surface area contributed by atoms with Crippen LogP contribution in [0.25, 0.3) is 0 Å². The molecule has 2 unspecified atom stereocenters. The minimum Gasteiger partial charge on any atom is -0.311 e. The molecule has 2 aliphatic carbocycles. The molecule has 2 atom stereocenters. The Morgan fingerprint density at radius 3 is 2.52 bits per heavy atom. The molecule has 1 aromatic rings. The Hall–Kier alpha value is -0.390. The third-order valence-electron chi connectivity index (χ3n) is 5.46. The third kappa shape index (κ3) is 2.80. The van der Waals surface area contributed by atoms with E-state index in [1.807, 2.05) is 0 Å². The summed E-state index contributed by atoms with van der Waals surface area (Å²) < 4.78 is 3.25. The minimum atomic E-state index is 0.716. The van der Waals surface area contributed by atoms with Crippen LogP contribution in [-0.2, 0) is 13.6 Å². The molecule has 1 saturated heterocycles. The molecule has 4 rings (SSSR count). The molecule has 1 aliphatic heterocycles. The first-order valence-corrected chi connectivity index (χ1v) is 9.08. The Labute approximate surface area is 135 Å². The van der Waals surface area contributed by atoms with Crippen molar-refractivity contribution in [2.75, 3.05) is 13.1 Å². The average Bonchev–Trinajstić information content (AvgIpc) is 3.36. The van der Waals surface area contributed by atoms with Crippen molar-refractivity contribution in [3.05, 3.63) is 15.9 Å². The molecule has 0 amide bonds. The summed E-state index contributed by atoms with van der Waals surface area (Å²) in [5, 5.41) is 8.38. The maximum Gasteiger partial charge on any atom is 0.0739 e. The minimum absolute atomic E-state index is 0.716. The van der Waals surface area contributed by atoms with Gasteiger partial charge in [0.05, 0.1) is 15.9 Å². The summed E-state index contributed by atoms with van der Waals surface area (Å²) in [6.45, 7) is 5.50. The van der Waals surface area contributed by atoms with Crippen LogP contribution in [0.15, 0.2) is 4.47 Å². The van der Waals surface area contributed by atoms with Gasteiger partial charge >= 0.3 is 0 Å². The van der Waals surface area contributed by atoms with Crippen LogP contribution in [0, 0.1) is 18.8 Å². The van der Waals surface area contributed by atoms with Gasteiger partial charge in [0.2, 0.25) is 0 Å². The monoisotopic (exact) mass is 352 g/mol. The molecule has 2 saturated carbocycles. The first-order chi connectivity index (χ1) is 10.1. The number of halogens is 1. The van der Waals surface area contributed by atoms with Gasteiger partial charge in [-0.1, -0.05) is 0 Å². The normalized spacial score (nSPS) is 30.8. The van der Waals surface area contributed by atoms with E-state index >= 15 is 0 Å². The number of piperazine rings is 1. The second-order valence-corrected chi connectivity index (χ2v) is 7.95. The molecule has 1 N–H and O–H groups in total. The number of hydrogen-bond donors (Lipinski definition) is 1. The number of hydrogen-bond acceptors (Lipinski definition) is 3. The molecular formula is C16H25BrN4. The summed E-state index contributed by atoms with van der Waals surface area (Å²) in [4.78, 5) is 2.73. The van der Waals surface area contributed by atoms with Gasteiger partial charge in [-0.2, -0.15) is 5.10 Å². The lowest BCUT2D eigenvalue weighted by Gasteiger charge is -2.41. The second kappa shape index (κ2) is 5.36. The lowest BCUT2D eigenvalue weighted by molar-refractivity contribution is 0.0976. The highest BCUT2D eigenvalue weighted by molar-refractivity contribution is 9.10. The number of nitrogens with zero attached hydrogens (tertiary/aromatic N) is 3. The lowest BCUT2D eigenvalue weighted by Crippen LogP contribution is -2.57. The first-order valence-electron chi connectivity index (χ1n) is 8.29. The van der Waals surface area contributed by atoms with E-state index < -0.39 is 0 Å². The van der Waals surface area contributed by atoms with Crippen LogP contribution < -0.4 is 5.32 Å². The van der Waals surface area contributed by atoms with Crippen LogP contribution in [-0.4, -0.2) is 39.9 Å². The largest absolute Gasteiger partial charge is 0.311 e. The topological polar surface area (TPSA) is 33.1 Å². The van der Waals surface area contributed by atoms with Gasteiger partial charge in [-0.3, -0.25) is 9.58 Å². The highest BCUT2D eigenvalue weighted by atomic mass is 79.9. The Kier molecular flexibility index (Phi) is 3.63. The molecule has 0 bridgehead atoms. The van der Waals surface area contributed by atoms with Crippen LogP contribution >= 0.6 is 15.9 Å². The quantitative estimate of drug-likeness (QED) is 0.903. The maximum atomic E-state index is 4.56. The first kappa shape index (κ1) is 14.2. The predicted molar refractivity (Wildman–Crippen MR) is 87.1 cm³/mol. The van der Waals surface area contributed by atoms with Gasteiger partial charge in [-0.05, 0) is 60.4 Å². The second-order valence-electron chi connectivity index (χ2n) is 7.16. The smallest absolute Gasteiger partial charge is 0.0739 e. The molecule has 0 radical (unpaired) electrons. The standard InChI is InChI=1S/C16H25BrN4/c1-10-16(17)15(20(2)19-10)9-21-8-13(11-3-4-11)18-7-14(21)12-5-6-12/h11-14,18H,3-9H2,1-2H3. The van der Waals surface area contributed by atoms with E-state index in [0.717, 1.165) is 30.1 Å². The van der Waals surface area contributed by atoms with Gasteiger partial charge in [0.1, 0.15) is 0 Å². The summed E-state index contributed by atoms with van der Waals surface area (Å²) in [5.41, 5.74) is 2.43. The van der Waals surface area contributed by atoms with Crippen LogP contribution in [0.2, 0.25) is 0 Å². The fraction of sp³-hybridized carbons (Fsp3) is 0.812. The summed E-state index contributed by atoms with van der Waals surface area (Å²) >= 11 is 3.73. The summed E-state index contributed by atoms with van der Waals surface area (Å²) in [7, 11) is 2.07. The van der Waals surface area contributed by atoms with Crippen LogP contribution in [0.4, 0.5) is 0 Å². The zero-order chi connectivity index (χ0) is 14.6. The number of rotatable bonds is 4. The highest BCUT2D eigenvalue weighted by Crippen LogP contribution is 2.40. The Morgan fingerprint density at radius 2 is 1.95 bits per heavy atom. The van der Waals surface area contributed by atoms with Crippen molar-refractivity contribution in [2.24, 2.45) is 18.9 Å². The molecule has 3 fully saturated rings. The molecule has 0 spiro atoms. The van der Waals surface area contributed by atoms with Crippen molar-refractivity contribution in [2.45, 2.75) is 51.2 Å². The van der Waals surface area contributed by atoms with E-state index in [1.54, 1.807) is 0 Å². The van der Waals surface area contributed by atoms with Gasteiger partial charge in [0, 0.05) is 38.8 Å². The molecule has 2 heterocycles. The van der Waals surface area contributed by atoms with Gasteiger partial charge in [-0.25, -0.2) is 0 Å². The lowest BCUT2D eigenvalue weighted by atomic mass is 10.0. The summed E-state index contributed by atoms with van der Waals surface area (Å²) in [5.74, 6) is 1.86. The number of aryl methyl sites for hydroxylation is 2. The van der Waals surface area contributed by atoms with E-state index in [2.05, 4.69) is 49.9 Å². The van der Waals surface area contributed by atoms with Gasteiger partial charge in [0.25, 0.3) is 0 Å².